The molecule has 0 unspecified atom stereocenters. The van der Waals surface area contributed by atoms with Crippen molar-refractivity contribution in [2.75, 3.05) is 6.54 Å². The quantitative estimate of drug-likeness (QED) is 0.796. The molecule has 6 heteroatoms. The minimum Gasteiger partial charge on any atom is -0.348 e. The highest BCUT2D eigenvalue weighted by Crippen LogP contribution is 2.34. The molecule has 0 bridgehead atoms. The van der Waals surface area contributed by atoms with E-state index < -0.39 is 11.6 Å². The summed E-state index contributed by atoms with van der Waals surface area (Å²) in [6.45, 7) is 5.93. The van der Waals surface area contributed by atoms with E-state index in [4.69, 9.17) is 0 Å². The summed E-state index contributed by atoms with van der Waals surface area (Å²) >= 11 is 0. The molecule has 1 aliphatic heterocycles. The van der Waals surface area contributed by atoms with Gasteiger partial charge >= 0.3 is 6.03 Å². The van der Waals surface area contributed by atoms with Crippen LogP contribution >= 0.6 is 0 Å². The van der Waals surface area contributed by atoms with E-state index in [1.54, 1.807) is 0 Å². The normalized spacial score (nSPS) is 19.9. The van der Waals surface area contributed by atoms with E-state index in [0.29, 0.717) is 18.8 Å². The molecular weight excluding hydrogens is 330 g/mol. The van der Waals surface area contributed by atoms with Crippen molar-refractivity contribution in [2.24, 2.45) is 0 Å². The van der Waals surface area contributed by atoms with Gasteiger partial charge in [-0.05, 0) is 36.8 Å². The Hall–Kier alpha value is -2.37. The third kappa shape index (κ3) is 3.45. The fraction of sp³-hybridized carbons (Fsp3) is 0.550. The fourth-order valence-electron chi connectivity index (χ4n) is 3.82. The second-order valence-corrected chi connectivity index (χ2v) is 7.72. The van der Waals surface area contributed by atoms with Gasteiger partial charge in [-0.1, -0.05) is 51.0 Å². The number of benzene rings is 1. The van der Waals surface area contributed by atoms with Gasteiger partial charge in [0.15, 0.2) is 0 Å². The minimum atomic E-state index is -0.768. The highest BCUT2D eigenvalue weighted by molar-refractivity contribution is 6.09. The number of hydrogen-bond acceptors (Lipinski definition) is 3. The highest BCUT2D eigenvalue weighted by Gasteiger charge is 2.52. The highest BCUT2D eigenvalue weighted by atomic mass is 16.2. The van der Waals surface area contributed by atoms with Gasteiger partial charge in [0.1, 0.15) is 12.1 Å². The smallest absolute Gasteiger partial charge is 0.325 e. The van der Waals surface area contributed by atoms with Crippen LogP contribution in [0.4, 0.5) is 4.79 Å². The summed E-state index contributed by atoms with van der Waals surface area (Å²) in [5.41, 5.74) is 1.47. The van der Waals surface area contributed by atoms with Gasteiger partial charge in [-0.3, -0.25) is 14.5 Å². The predicted molar refractivity (Wildman–Crippen MR) is 98.5 cm³/mol. The van der Waals surface area contributed by atoms with Gasteiger partial charge in [0.05, 0.1) is 6.04 Å². The first kappa shape index (κ1) is 18.4. The zero-order chi connectivity index (χ0) is 18.9. The molecule has 1 saturated carbocycles. The van der Waals surface area contributed by atoms with Crippen LogP contribution in [-0.2, 0) is 9.59 Å². The zero-order valence-electron chi connectivity index (χ0n) is 15.7. The average Bonchev–Trinajstić information content (AvgIpc) is 3.16. The SMILES string of the molecule is CC(C)c1ccc([C@H](C)NC(=O)CN2C(=O)NC3(CCCC3)C2=O)cc1. The lowest BCUT2D eigenvalue weighted by Gasteiger charge is -2.20. The molecule has 1 aromatic rings. The topological polar surface area (TPSA) is 78.5 Å². The number of hydrogen-bond donors (Lipinski definition) is 2. The summed E-state index contributed by atoms with van der Waals surface area (Å²) < 4.78 is 0. The molecule has 2 fully saturated rings. The van der Waals surface area contributed by atoms with E-state index in [0.717, 1.165) is 23.3 Å². The molecule has 1 atom stereocenters. The predicted octanol–water partition coefficient (Wildman–Crippen LogP) is 2.85. The Labute approximate surface area is 154 Å². The molecule has 0 aromatic heterocycles. The molecule has 1 aliphatic carbocycles. The van der Waals surface area contributed by atoms with Crippen molar-refractivity contribution in [3.05, 3.63) is 35.4 Å². The average molecular weight is 357 g/mol. The van der Waals surface area contributed by atoms with Crippen molar-refractivity contribution in [3.8, 4) is 0 Å². The maximum Gasteiger partial charge on any atom is 0.325 e. The standard InChI is InChI=1S/C20H27N3O3/c1-13(2)15-6-8-16(9-7-15)14(3)21-17(24)12-23-18(25)20(22-19(23)26)10-4-5-11-20/h6-9,13-14H,4-5,10-12H2,1-3H3,(H,21,24)(H,22,26)/t14-/m0/s1. The van der Waals surface area contributed by atoms with E-state index in [2.05, 4.69) is 36.6 Å². The van der Waals surface area contributed by atoms with Crippen LogP contribution in [0, 0.1) is 0 Å². The fourth-order valence-corrected chi connectivity index (χ4v) is 3.82. The summed E-state index contributed by atoms with van der Waals surface area (Å²) in [4.78, 5) is 38.2. The first-order valence-electron chi connectivity index (χ1n) is 9.36. The van der Waals surface area contributed by atoms with Crippen LogP contribution in [0.25, 0.3) is 0 Å². The molecule has 3 rings (SSSR count). The van der Waals surface area contributed by atoms with Crippen molar-refractivity contribution in [1.29, 1.82) is 0 Å². The number of rotatable bonds is 5. The largest absolute Gasteiger partial charge is 0.348 e. The monoisotopic (exact) mass is 357 g/mol. The van der Waals surface area contributed by atoms with E-state index >= 15 is 0 Å². The zero-order valence-corrected chi connectivity index (χ0v) is 15.7. The van der Waals surface area contributed by atoms with E-state index in [9.17, 15) is 14.4 Å². The molecule has 1 heterocycles. The van der Waals surface area contributed by atoms with Crippen molar-refractivity contribution in [3.63, 3.8) is 0 Å². The third-order valence-electron chi connectivity index (χ3n) is 5.49. The Morgan fingerprint density at radius 2 is 1.69 bits per heavy atom. The summed E-state index contributed by atoms with van der Waals surface area (Å²) in [7, 11) is 0. The van der Waals surface area contributed by atoms with Crippen LogP contribution in [0.2, 0.25) is 0 Å². The van der Waals surface area contributed by atoms with Crippen LogP contribution in [-0.4, -0.2) is 34.8 Å². The molecule has 1 aromatic carbocycles. The Bertz CT molecular complexity index is 706. The molecular formula is C20H27N3O3. The van der Waals surface area contributed by atoms with Crippen molar-refractivity contribution in [2.45, 2.75) is 64.0 Å². The van der Waals surface area contributed by atoms with Crippen LogP contribution in [0.3, 0.4) is 0 Å². The Morgan fingerprint density at radius 3 is 2.27 bits per heavy atom. The number of nitrogens with one attached hydrogen (secondary N) is 2. The second-order valence-electron chi connectivity index (χ2n) is 7.72. The van der Waals surface area contributed by atoms with Gasteiger partial charge in [-0.25, -0.2) is 4.79 Å². The van der Waals surface area contributed by atoms with Gasteiger partial charge in [-0.15, -0.1) is 0 Å². The van der Waals surface area contributed by atoms with Crippen LogP contribution in [0.5, 0.6) is 0 Å². The third-order valence-corrected chi connectivity index (χ3v) is 5.49. The van der Waals surface area contributed by atoms with Gasteiger partial charge in [-0.2, -0.15) is 0 Å². The lowest BCUT2D eigenvalue weighted by molar-refractivity contribution is -0.135. The van der Waals surface area contributed by atoms with Crippen LogP contribution in [0.1, 0.15) is 69.5 Å². The van der Waals surface area contributed by atoms with Gasteiger partial charge in [0.2, 0.25) is 5.91 Å². The van der Waals surface area contributed by atoms with Crippen molar-refractivity contribution in [1.82, 2.24) is 15.5 Å². The van der Waals surface area contributed by atoms with Crippen LogP contribution < -0.4 is 10.6 Å². The second kappa shape index (κ2) is 7.09. The van der Waals surface area contributed by atoms with Gasteiger partial charge in [0.25, 0.3) is 5.91 Å². The number of carbonyl (C=O) groups excluding carboxylic acids is 3. The summed E-state index contributed by atoms with van der Waals surface area (Å²) in [6, 6.07) is 7.47. The molecule has 140 valence electrons. The van der Waals surface area contributed by atoms with Gasteiger partial charge < -0.3 is 10.6 Å². The van der Waals surface area contributed by atoms with Crippen LogP contribution in [0.15, 0.2) is 24.3 Å². The molecule has 1 spiro atoms. The lowest BCUT2D eigenvalue weighted by atomic mass is 9.98. The first-order valence-corrected chi connectivity index (χ1v) is 9.36. The molecule has 26 heavy (non-hydrogen) atoms. The molecule has 2 aliphatic rings. The number of nitrogens with zero attached hydrogens (tertiary/aromatic N) is 1. The molecule has 4 amide bonds. The molecule has 1 saturated heterocycles. The molecule has 0 radical (unpaired) electrons. The van der Waals surface area contributed by atoms with Gasteiger partial charge in [0, 0.05) is 0 Å². The summed E-state index contributed by atoms with van der Waals surface area (Å²) in [5, 5.41) is 5.67. The van der Waals surface area contributed by atoms with E-state index in [-0.39, 0.29) is 24.4 Å². The summed E-state index contributed by atoms with van der Waals surface area (Å²) in [6.07, 6.45) is 3.17. The summed E-state index contributed by atoms with van der Waals surface area (Å²) in [5.74, 6) is -0.135. The molecule has 2 N–H and O–H groups in total. The minimum absolute atomic E-state index is 0.190. The molecule has 6 nitrogen and oxygen atoms in total. The van der Waals surface area contributed by atoms with Crippen molar-refractivity contribution >= 4 is 17.8 Å². The van der Waals surface area contributed by atoms with E-state index in [1.807, 2.05) is 19.1 Å². The Morgan fingerprint density at radius 1 is 1.12 bits per heavy atom. The van der Waals surface area contributed by atoms with Crippen molar-refractivity contribution < 1.29 is 14.4 Å². The Balaban J connectivity index is 1.60. The number of carbonyl (C=O) groups is 3. The Kier molecular flexibility index (Phi) is 5.03. The maximum atomic E-state index is 12.6. The number of urea groups is 1. The lowest BCUT2D eigenvalue weighted by Crippen LogP contribution is -2.45. The maximum absolute atomic E-state index is 12.6. The number of amides is 4. The van der Waals surface area contributed by atoms with E-state index in [1.165, 1.54) is 5.56 Å². The number of imide groups is 1. The first-order chi connectivity index (χ1) is 12.3.